The summed E-state index contributed by atoms with van der Waals surface area (Å²) in [7, 11) is 0. The van der Waals surface area contributed by atoms with Crippen LogP contribution in [0.2, 0.25) is 0 Å². The van der Waals surface area contributed by atoms with Crippen LogP contribution in [0.5, 0.6) is 0 Å². The topological polar surface area (TPSA) is 43.4 Å². The molecule has 0 aromatic heterocycles. The molecule has 3 heteroatoms. The van der Waals surface area contributed by atoms with Gasteiger partial charge in [0.05, 0.1) is 12.0 Å². The number of ether oxygens (including phenoxy) is 1. The van der Waals surface area contributed by atoms with Gasteiger partial charge in [-0.2, -0.15) is 0 Å². The first-order valence-electron chi connectivity index (χ1n) is 7.36. The van der Waals surface area contributed by atoms with Crippen LogP contribution in [0.15, 0.2) is 0 Å². The van der Waals surface area contributed by atoms with Crippen molar-refractivity contribution in [3.05, 3.63) is 0 Å². The number of hydrogen-bond donors (Lipinski definition) is 0. The van der Waals surface area contributed by atoms with Gasteiger partial charge in [-0.3, -0.25) is 9.59 Å². The normalized spacial score (nSPS) is 14.8. The van der Waals surface area contributed by atoms with E-state index in [0.29, 0.717) is 18.3 Å². The molecule has 0 fully saturated rings. The van der Waals surface area contributed by atoms with Crippen LogP contribution in [-0.2, 0) is 14.3 Å². The SMILES string of the molecule is CC(=O)C(CC(C)C)C(CC(C)C)C(=O)OC(C)C. The number of rotatable bonds is 8. The second kappa shape index (κ2) is 8.34. The van der Waals surface area contributed by atoms with Gasteiger partial charge in [-0.25, -0.2) is 0 Å². The lowest BCUT2D eigenvalue weighted by molar-refractivity contribution is -0.157. The van der Waals surface area contributed by atoms with E-state index in [9.17, 15) is 9.59 Å². The molecule has 0 aromatic rings. The van der Waals surface area contributed by atoms with Gasteiger partial charge in [0, 0.05) is 5.92 Å². The van der Waals surface area contributed by atoms with Crippen LogP contribution in [0.4, 0.5) is 0 Å². The lowest BCUT2D eigenvalue weighted by Gasteiger charge is -2.27. The third kappa shape index (κ3) is 7.34. The van der Waals surface area contributed by atoms with Gasteiger partial charge >= 0.3 is 5.97 Å². The van der Waals surface area contributed by atoms with Crippen LogP contribution in [0, 0.1) is 23.7 Å². The van der Waals surface area contributed by atoms with Crippen LogP contribution in [0.1, 0.15) is 61.3 Å². The Morgan fingerprint density at radius 1 is 0.842 bits per heavy atom. The Labute approximate surface area is 118 Å². The fourth-order valence-corrected chi connectivity index (χ4v) is 2.37. The van der Waals surface area contributed by atoms with Gasteiger partial charge in [0.15, 0.2) is 0 Å². The summed E-state index contributed by atoms with van der Waals surface area (Å²) in [6, 6.07) is 0. The number of carbonyl (C=O) groups is 2. The highest BCUT2D eigenvalue weighted by atomic mass is 16.5. The highest BCUT2D eigenvalue weighted by molar-refractivity contribution is 5.85. The van der Waals surface area contributed by atoms with Crippen molar-refractivity contribution in [3.63, 3.8) is 0 Å². The lowest BCUT2D eigenvalue weighted by atomic mass is 9.78. The average molecular weight is 270 g/mol. The molecular weight excluding hydrogens is 240 g/mol. The Balaban J connectivity index is 5.05. The monoisotopic (exact) mass is 270 g/mol. The van der Waals surface area contributed by atoms with E-state index in [2.05, 4.69) is 27.7 Å². The molecule has 0 N–H and O–H groups in total. The summed E-state index contributed by atoms with van der Waals surface area (Å²) in [5, 5.41) is 0. The molecule has 0 saturated heterocycles. The fraction of sp³-hybridized carbons (Fsp3) is 0.875. The fourth-order valence-electron chi connectivity index (χ4n) is 2.37. The largest absolute Gasteiger partial charge is 0.463 e. The third-order valence-corrected chi connectivity index (χ3v) is 3.11. The molecule has 0 aliphatic rings. The Hall–Kier alpha value is -0.860. The molecule has 0 aliphatic carbocycles. The van der Waals surface area contributed by atoms with Crippen molar-refractivity contribution >= 4 is 11.8 Å². The van der Waals surface area contributed by atoms with E-state index in [4.69, 9.17) is 4.74 Å². The molecule has 2 atom stereocenters. The zero-order valence-corrected chi connectivity index (χ0v) is 13.5. The molecule has 3 nitrogen and oxygen atoms in total. The molecule has 0 amide bonds. The second-order valence-electron chi connectivity index (χ2n) is 6.57. The number of carbonyl (C=O) groups excluding carboxylic acids is 2. The first kappa shape index (κ1) is 18.1. The zero-order chi connectivity index (χ0) is 15.2. The van der Waals surface area contributed by atoms with E-state index in [-0.39, 0.29) is 29.7 Å². The molecule has 112 valence electrons. The van der Waals surface area contributed by atoms with Crippen LogP contribution in [-0.4, -0.2) is 17.9 Å². The first-order valence-corrected chi connectivity index (χ1v) is 7.36. The molecule has 19 heavy (non-hydrogen) atoms. The van der Waals surface area contributed by atoms with Crippen molar-refractivity contribution in [2.24, 2.45) is 23.7 Å². The van der Waals surface area contributed by atoms with Gasteiger partial charge in [-0.15, -0.1) is 0 Å². The van der Waals surface area contributed by atoms with E-state index in [0.717, 1.165) is 6.42 Å². The highest BCUT2D eigenvalue weighted by Gasteiger charge is 2.34. The number of hydrogen-bond acceptors (Lipinski definition) is 3. The number of Topliss-reactive ketones (excluding diaryl/α,β-unsaturated/α-hetero) is 1. The zero-order valence-electron chi connectivity index (χ0n) is 13.5. The summed E-state index contributed by atoms with van der Waals surface area (Å²) in [5.41, 5.74) is 0. The third-order valence-electron chi connectivity index (χ3n) is 3.11. The Bertz CT molecular complexity index is 292. The van der Waals surface area contributed by atoms with Gasteiger partial charge in [0.2, 0.25) is 0 Å². The predicted octanol–water partition coefficient (Wildman–Crippen LogP) is 3.85. The minimum absolute atomic E-state index is 0.0973. The van der Waals surface area contributed by atoms with Gasteiger partial charge in [0.1, 0.15) is 5.78 Å². The summed E-state index contributed by atoms with van der Waals surface area (Å²) in [6.45, 7) is 13.6. The first-order chi connectivity index (χ1) is 8.65. The lowest BCUT2D eigenvalue weighted by Crippen LogP contribution is -2.33. The smallest absolute Gasteiger partial charge is 0.309 e. The van der Waals surface area contributed by atoms with E-state index in [1.807, 2.05) is 13.8 Å². The second-order valence-corrected chi connectivity index (χ2v) is 6.57. The maximum Gasteiger partial charge on any atom is 0.309 e. The molecule has 0 saturated carbocycles. The molecule has 0 bridgehead atoms. The minimum atomic E-state index is -0.303. The van der Waals surface area contributed by atoms with Crippen LogP contribution >= 0.6 is 0 Å². The number of ketones is 1. The van der Waals surface area contributed by atoms with Crippen molar-refractivity contribution in [2.45, 2.75) is 67.4 Å². The summed E-state index contributed by atoms with van der Waals surface area (Å²) >= 11 is 0. The summed E-state index contributed by atoms with van der Waals surface area (Å²) in [5.74, 6) is 0.134. The van der Waals surface area contributed by atoms with E-state index >= 15 is 0 Å². The average Bonchev–Trinajstić information content (AvgIpc) is 2.20. The van der Waals surface area contributed by atoms with Crippen LogP contribution in [0.3, 0.4) is 0 Å². The van der Waals surface area contributed by atoms with Crippen LogP contribution in [0.25, 0.3) is 0 Å². The molecule has 0 heterocycles. The Morgan fingerprint density at radius 2 is 1.26 bits per heavy atom. The van der Waals surface area contributed by atoms with Crippen molar-refractivity contribution in [2.75, 3.05) is 0 Å². The molecular formula is C16H30O3. The minimum Gasteiger partial charge on any atom is -0.463 e. The molecule has 0 spiro atoms. The molecule has 2 unspecified atom stereocenters. The van der Waals surface area contributed by atoms with Gasteiger partial charge < -0.3 is 4.74 Å². The van der Waals surface area contributed by atoms with E-state index < -0.39 is 0 Å². The molecule has 0 aromatic carbocycles. The summed E-state index contributed by atoms with van der Waals surface area (Å²) in [6.07, 6.45) is 1.33. The van der Waals surface area contributed by atoms with Crippen molar-refractivity contribution in [1.29, 1.82) is 0 Å². The maximum atomic E-state index is 12.2. The Kier molecular flexibility index (Phi) is 7.96. The highest BCUT2D eigenvalue weighted by Crippen LogP contribution is 2.28. The maximum absolute atomic E-state index is 12.2. The molecule has 0 radical (unpaired) electrons. The quantitative estimate of drug-likeness (QED) is 0.629. The van der Waals surface area contributed by atoms with Gasteiger partial charge in [0.25, 0.3) is 0 Å². The van der Waals surface area contributed by atoms with Crippen molar-refractivity contribution in [3.8, 4) is 0 Å². The van der Waals surface area contributed by atoms with E-state index in [1.165, 1.54) is 0 Å². The van der Waals surface area contributed by atoms with Crippen molar-refractivity contribution in [1.82, 2.24) is 0 Å². The summed E-state index contributed by atoms with van der Waals surface area (Å²) < 4.78 is 5.33. The van der Waals surface area contributed by atoms with E-state index in [1.54, 1.807) is 6.92 Å². The number of esters is 1. The predicted molar refractivity (Wildman–Crippen MR) is 77.8 cm³/mol. The van der Waals surface area contributed by atoms with Gasteiger partial charge in [-0.1, -0.05) is 27.7 Å². The van der Waals surface area contributed by atoms with Crippen LogP contribution < -0.4 is 0 Å². The Morgan fingerprint density at radius 3 is 1.58 bits per heavy atom. The summed E-state index contributed by atoms with van der Waals surface area (Å²) in [4.78, 5) is 24.1. The van der Waals surface area contributed by atoms with Gasteiger partial charge in [-0.05, 0) is 45.4 Å². The van der Waals surface area contributed by atoms with Crippen molar-refractivity contribution < 1.29 is 14.3 Å². The molecule has 0 rings (SSSR count). The molecule has 0 aliphatic heterocycles. The standard InChI is InChI=1S/C16H30O3/c1-10(2)8-14(13(7)17)15(9-11(3)4)16(18)19-12(5)6/h10-12,14-15H,8-9H2,1-7H3.